The van der Waals surface area contributed by atoms with Crippen LogP contribution < -0.4 is 15.8 Å². The second-order valence-electron chi connectivity index (χ2n) is 6.23. The molecule has 0 saturated heterocycles. The number of ketones is 2. The lowest BCUT2D eigenvalue weighted by Crippen LogP contribution is -2.31. The van der Waals surface area contributed by atoms with E-state index in [1.54, 1.807) is 6.07 Å². The molecule has 0 spiro atoms. The van der Waals surface area contributed by atoms with Crippen molar-refractivity contribution in [1.29, 1.82) is 0 Å². The van der Waals surface area contributed by atoms with Gasteiger partial charge in [0, 0.05) is 17.9 Å². The van der Waals surface area contributed by atoms with Gasteiger partial charge in [-0.25, -0.2) is 4.79 Å². The standard InChI is InChI=1S/C19H26N2O6/c1-13(22)14(5-2-3-8-20)9-16(23)11-21-19(26)15-6-4-7-17(10-15)27-12-18(24)25/h4,6-7,10,14H,2-3,5,8-9,11-12,20H2,1H3,(H,21,26)(H,24,25)/t14-/m1/s1. The summed E-state index contributed by atoms with van der Waals surface area (Å²) >= 11 is 0. The van der Waals surface area contributed by atoms with E-state index in [4.69, 9.17) is 15.6 Å². The molecule has 0 fully saturated rings. The zero-order valence-electron chi connectivity index (χ0n) is 15.4. The summed E-state index contributed by atoms with van der Waals surface area (Å²) in [6, 6.07) is 6.01. The molecule has 1 aromatic carbocycles. The van der Waals surface area contributed by atoms with E-state index in [-0.39, 0.29) is 41.8 Å². The lowest BCUT2D eigenvalue weighted by atomic mass is 9.92. The number of Topliss-reactive ketones (excluding diaryl/α,β-unsaturated/α-hetero) is 2. The SMILES string of the molecule is CC(=O)[C@H](CCCCN)CC(=O)CNC(=O)c1cccc(OCC(=O)O)c1. The van der Waals surface area contributed by atoms with Crippen LogP contribution in [0.2, 0.25) is 0 Å². The number of aliphatic carboxylic acids is 1. The molecule has 0 saturated carbocycles. The predicted octanol–water partition coefficient (Wildman–Crippen LogP) is 1.17. The van der Waals surface area contributed by atoms with Crippen LogP contribution in [0.15, 0.2) is 24.3 Å². The number of nitrogens with two attached hydrogens (primary N) is 1. The second-order valence-corrected chi connectivity index (χ2v) is 6.23. The van der Waals surface area contributed by atoms with Crippen LogP contribution in [0.4, 0.5) is 0 Å². The largest absolute Gasteiger partial charge is 0.482 e. The van der Waals surface area contributed by atoms with Crippen LogP contribution in [0.3, 0.4) is 0 Å². The Hall–Kier alpha value is -2.74. The Morgan fingerprint density at radius 3 is 2.59 bits per heavy atom. The van der Waals surface area contributed by atoms with E-state index in [0.29, 0.717) is 13.0 Å². The third-order valence-electron chi connectivity index (χ3n) is 3.96. The van der Waals surface area contributed by atoms with E-state index in [0.717, 1.165) is 12.8 Å². The fraction of sp³-hybridized carbons (Fsp3) is 0.474. The number of rotatable bonds is 13. The zero-order valence-corrected chi connectivity index (χ0v) is 15.4. The summed E-state index contributed by atoms with van der Waals surface area (Å²) in [5.41, 5.74) is 5.68. The number of hydrogen-bond donors (Lipinski definition) is 3. The quantitative estimate of drug-likeness (QED) is 0.438. The van der Waals surface area contributed by atoms with Gasteiger partial charge in [-0.2, -0.15) is 0 Å². The molecule has 0 aliphatic heterocycles. The first kappa shape index (κ1) is 22.3. The Morgan fingerprint density at radius 1 is 1.22 bits per heavy atom. The monoisotopic (exact) mass is 378 g/mol. The lowest BCUT2D eigenvalue weighted by Gasteiger charge is -2.13. The highest BCUT2D eigenvalue weighted by Gasteiger charge is 2.18. The average Bonchev–Trinajstić information content (AvgIpc) is 2.63. The van der Waals surface area contributed by atoms with Crippen LogP contribution >= 0.6 is 0 Å². The van der Waals surface area contributed by atoms with Crippen molar-refractivity contribution in [2.75, 3.05) is 19.7 Å². The highest BCUT2D eigenvalue weighted by atomic mass is 16.5. The van der Waals surface area contributed by atoms with Crippen molar-refractivity contribution in [3.63, 3.8) is 0 Å². The van der Waals surface area contributed by atoms with Crippen LogP contribution in [0, 0.1) is 5.92 Å². The van der Waals surface area contributed by atoms with Gasteiger partial charge in [0.2, 0.25) is 0 Å². The van der Waals surface area contributed by atoms with Gasteiger partial charge in [-0.05, 0) is 44.5 Å². The van der Waals surface area contributed by atoms with E-state index in [1.807, 2.05) is 0 Å². The van der Waals surface area contributed by atoms with Crippen molar-refractivity contribution in [3.8, 4) is 5.75 Å². The summed E-state index contributed by atoms with van der Waals surface area (Å²) in [6.07, 6.45) is 2.27. The number of carboxylic acids is 1. The third-order valence-corrected chi connectivity index (χ3v) is 3.96. The van der Waals surface area contributed by atoms with E-state index in [2.05, 4.69) is 5.32 Å². The number of unbranched alkanes of at least 4 members (excludes halogenated alkanes) is 1. The minimum Gasteiger partial charge on any atom is -0.482 e. The van der Waals surface area contributed by atoms with Crippen molar-refractivity contribution in [2.24, 2.45) is 11.7 Å². The first-order valence-corrected chi connectivity index (χ1v) is 8.78. The van der Waals surface area contributed by atoms with E-state index >= 15 is 0 Å². The summed E-state index contributed by atoms with van der Waals surface area (Å²) in [4.78, 5) is 46.4. The average molecular weight is 378 g/mol. The van der Waals surface area contributed by atoms with Crippen molar-refractivity contribution >= 4 is 23.4 Å². The molecule has 0 unspecified atom stereocenters. The Morgan fingerprint density at radius 2 is 1.96 bits per heavy atom. The number of nitrogens with one attached hydrogen (secondary N) is 1. The normalized spacial score (nSPS) is 11.5. The molecular weight excluding hydrogens is 352 g/mol. The summed E-state index contributed by atoms with van der Waals surface area (Å²) in [5, 5.41) is 11.1. The van der Waals surface area contributed by atoms with Gasteiger partial charge in [0.15, 0.2) is 12.4 Å². The number of ether oxygens (including phenoxy) is 1. The first-order chi connectivity index (χ1) is 12.8. The molecule has 4 N–H and O–H groups in total. The summed E-state index contributed by atoms with van der Waals surface area (Å²) in [5.74, 6) is -1.99. The molecular formula is C19H26N2O6. The Kier molecular flexibility index (Phi) is 9.74. The molecule has 1 rings (SSSR count). The maximum atomic E-state index is 12.2. The maximum absolute atomic E-state index is 12.2. The molecule has 1 aromatic rings. The van der Waals surface area contributed by atoms with Gasteiger partial charge in [-0.3, -0.25) is 14.4 Å². The molecule has 0 heterocycles. The summed E-state index contributed by atoms with van der Waals surface area (Å²) < 4.78 is 5.02. The molecule has 0 radical (unpaired) electrons. The number of benzene rings is 1. The number of carbonyl (C=O) groups excluding carboxylic acids is 3. The fourth-order valence-corrected chi connectivity index (χ4v) is 2.48. The maximum Gasteiger partial charge on any atom is 0.341 e. The highest BCUT2D eigenvalue weighted by molar-refractivity contribution is 5.97. The van der Waals surface area contributed by atoms with Crippen LogP contribution in [-0.4, -0.2) is 48.2 Å². The van der Waals surface area contributed by atoms with Gasteiger partial charge in [0.1, 0.15) is 11.5 Å². The van der Waals surface area contributed by atoms with Crippen LogP contribution in [0.1, 0.15) is 43.0 Å². The van der Waals surface area contributed by atoms with E-state index in [1.165, 1.54) is 25.1 Å². The fourth-order valence-electron chi connectivity index (χ4n) is 2.48. The van der Waals surface area contributed by atoms with E-state index in [9.17, 15) is 19.2 Å². The van der Waals surface area contributed by atoms with Crippen molar-refractivity contribution in [2.45, 2.75) is 32.6 Å². The molecule has 0 aromatic heterocycles. The molecule has 148 valence electrons. The van der Waals surface area contributed by atoms with Gasteiger partial charge in [0.25, 0.3) is 5.91 Å². The Labute approximate surface area is 158 Å². The minimum atomic E-state index is -1.12. The number of carbonyl (C=O) groups is 4. The van der Waals surface area contributed by atoms with Gasteiger partial charge >= 0.3 is 5.97 Å². The second kappa shape index (κ2) is 11.8. The molecule has 8 heteroatoms. The third kappa shape index (κ3) is 8.96. The highest BCUT2D eigenvalue weighted by Crippen LogP contribution is 2.15. The molecule has 8 nitrogen and oxygen atoms in total. The molecule has 1 amide bonds. The first-order valence-electron chi connectivity index (χ1n) is 8.78. The smallest absolute Gasteiger partial charge is 0.341 e. The topological polar surface area (TPSA) is 136 Å². The van der Waals surface area contributed by atoms with Crippen molar-refractivity contribution < 1.29 is 29.0 Å². The van der Waals surface area contributed by atoms with Crippen LogP contribution in [0.5, 0.6) is 5.75 Å². The molecule has 27 heavy (non-hydrogen) atoms. The molecule has 0 aliphatic rings. The summed E-state index contributed by atoms with van der Waals surface area (Å²) in [7, 11) is 0. The molecule has 1 atom stereocenters. The van der Waals surface area contributed by atoms with E-state index < -0.39 is 18.5 Å². The number of hydrogen-bond acceptors (Lipinski definition) is 6. The lowest BCUT2D eigenvalue weighted by molar-refractivity contribution is -0.139. The van der Waals surface area contributed by atoms with Gasteiger partial charge < -0.3 is 20.9 Å². The minimum absolute atomic E-state index is 0.0463. The van der Waals surface area contributed by atoms with Gasteiger partial charge in [-0.15, -0.1) is 0 Å². The molecule has 0 aliphatic carbocycles. The van der Waals surface area contributed by atoms with Gasteiger partial charge in [0.05, 0.1) is 6.54 Å². The number of carboxylic acid groups (broad SMARTS) is 1. The summed E-state index contributed by atoms with van der Waals surface area (Å²) in [6.45, 7) is 1.31. The van der Waals surface area contributed by atoms with Gasteiger partial charge in [-0.1, -0.05) is 12.5 Å². The Bertz CT molecular complexity index is 674. The predicted molar refractivity (Wildman–Crippen MR) is 98.6 cm³/mol. The van der Waals surface area contributed by atoms with Crippen molar-refractivity contribution in [3.05, 3.63) is 29.8 Å². The van der Waals surface area contributed by atoms with Crippen molar-refractivity contribution in [1.82, 2.24) is 5.32 Å². The van der Waals surface area contributed by atoms with Crippen LogP contribution in [0.25, 0.3) is 0 Å². The number of amides is 1. The van der Waals surface area contributed by atoms with Crippen LogP contribution in [-0.2, 0) is 14.4 Å². The molecule has 0 bridgehead atoms. The Balaban J connectivity index is 2.52. The zero-order chi connectivity index (χ0) is 20.2.